The molecule has 0 spiro atoms. The molecule has 1 amide bonds. The second-order valence-corrected chi connectivity index (χ2v) is 6.04. The van der Waals surface area contributed by atoms with Gasteiger partial charge in [0.25, 0.3) is 5.91 Å². The average molecular weight is 393 g/mol. The second-order valence-electron chi connectivity index (χ2n) is 6.04. The maximum atomic E-state index is 12.1. The van der Waals surface area contributed by atoms with Crippen LogP contribution in [0.15, 0.2) is 48.5 Å². The largest absolute Gasteiger partial charge is 0.482 e. The lowest BCUT2D eigenvalue weighted by atomic mass is 10.2. The maximum absolute atomic E-state index is 12.1. The molecule has 2 rings (SSSR count). The summed E-state index contributed by atoms with van der Waals surface area (Å²) >= 11 is 0. The van der Waals surface area contributed by atoms with Crippen molar-refractivity contribution in [3.05, 3.63) is 59.7 Å². The topological polar surface area (TPSA) is 65.1 Å². The van der Waals surface area contributed by atoms with E-state index in [9.17, 15) is 18.4 Å². The van der Waals surface area contributed by atoms with Crippen molar-refractivity contribution >= 4 is 11.9 Å². The van der Waals surface area contributed by atoms with E-state index >= 15 is 0 Å². The third-order valence-corrected chi connectivity index (χ3v) is 3.70. The summed E-state index contributed by atoms with van der Waals surface area (Å²) in [6.45, 7) is -1.48. The standard InChI is InChI=1S/C20H21F2NO5/c1-14-4-3-5-17(10-14)26-13-19(25)27-12-18(24)23(2)11-15-6-8-16(9-7-15)28-20(21)22/h3-10,20H,11-13H2,1-2H3. The number of ether oxygens (including phenoxy) is 3. The predicted octanol–water partition coefficient (Wildman–Crippen LogP) is 3.18. The fourth-order valence-electron chi connectivity index (χ4n) is 2.28. The van der Waals surface area contributed by atoms with Crippen LogP contribution in [0, 0.1) is 6.92 Å². The van der Waals surface area contributed by atoms with Gasteiger partial charge in [-0.05, 0) is 42.3 Å². The van der Waals surface area contributed by atoms with Crippen LogP contribution in [0.1, 0.15) is 11.1 Å². The molecule has 0 aliphatic carbocycles. The third-order valence-electron chi connectivity index (χ3n) is 3.70. The number of hydrogen-bond donors (Lipinski definition) is 0. The molecule has 0 saturated carbocycles. The van der Waals surface area contributed by atoms with E-state index < -0.39 is 25.1 Å². The number of aryl methyl sites for hydroxylation is 1. The lowest BCUT2D eigenvalue weighted by Crippen LogP contribution is -2.31. The fraction of sp³-hybridized carbons (Fsp3) is 0.300. The number of alkyl halides is 2. The van der Waals surface area contributed by atoms with Gasteiger partial charge < -0.3 is 19.1 Å². The lowest BCUT2D eigenvalue weighted by molar-refractivity contribution is -0.153. The summed E-state index contributed by atoms with van der Waals surface area (Å²) in [7, 11) is 1.54. The molecule has 0 aliphatic heterocycles. The summed E-state index contributed by atoms with van der Waals surface area (Å²) in [6.07, 6.45) is 0. The Bertz CT molecular complexity index is 795. The normalized spacial score (nSPS) is 10.5. The van der Waals surface area contributed by atoms with Crippen LogP contribution in [0.5, 0.6) is 11.5 Å². The number of carbonyl (C=O) groups is 2. The van der Waals surface area contributed by atoms with E-state index in [0.717, 1.165) is 5.56 Å². The molecule has 2 aromatic rings. The number of amides is 1. The Kier molecular flexibility index (Phi) is 7.74. The molecule has 6 nitrogen and oxygen atoms in total. The van der Waals surface area contributed by atoms with Gasteiger partial charge in [-0.15, -0.1) is 0 Å². The number of carbonyl (C=O) groups excluding carboxylic acids is 2. The maximum Gasteiger partial charge on any atom is 0.387 e. The Hall–Kier alpha value is -3.16. The molecule has 28 heavy (non-hydrogen) atoms. The number of rotatable bonds is 9. The summed E-state index contributed by atoms with van der Waals surface area (Å²) in [6, 6.07) is 13.1. The Morgan fingerprint density at radius 2 is 1.75 bits per heavy atom. The summed E-state index contributed by atoms with van der Waals surface area (Å²) in [5, 5.41) is 0. The zero-order chi connectivity index (χ0) is 20.5. The molecule has 0 heterocycles. The van der Waals surface area contributed by atoms with Crippen molar-refractivity contribution in [2.45, 2.75) is 20.1 Å². The van der Waals surface area contributed by atoms with Gasteiger partial charge in [0.1, 0.15) is 11.5 Å². The van der Waals surface area contributed by atoms with E-state index in [0.29, 0.717) is 11.3 Å². The zero-order valence-corrected chi connectivity index (χ0v) is 15.6. The SMILES string of the molecule is Cc1cccc(OCC(=O)OCC(=O)N(C)Cc2ccc(OC(F)F)cc2)c1. The van der Waals surface area contributed by atoms with Gasteiger partial charge in [-0.1, -0.05) is 24.3 Å². The number of benzene rings is 2. The van der Waals surface area contributed by atoms with Crippen molar-refractivity contribution in [1.29, 1.82) is 0 Å². The minimum atomic E-state index is -2.89. The van der Waals surface area contributed by atoms with Crippen LogP contribution in [0.2, 0.25) is 0 Å². The first-order valence-electron chi connectivity index (χ1n) is 8.46. The van der Waals surface area contributed by atoms with Crippen LogP contribution in [0.4, 0.5) is 8.78 Å². The second kappa shape index (κ2) is 10.2. The van der Waals surface area contributed by atoms with Gasteiger partial charge in [-0.3, -0.25) is 4.79 Å². The molecule has 8 heteroatoms. The van der Waals surface area contributed by atoms with Gasteiger partial charge in [0.15, 0.2) is 13.2 Å². The molecule has 0 aliphatic rings. The van der Waals surface area contributed by atoms with Crippen LogP contribution in [0.3, 0.4) is 0 Å². The number of hydrogen-bond acceptors (Lipinski definition) is 5. The quantitative estimate of drug-likeness (QED) is 0.613. The van der Waals surface area contributed by atoms with Crippen LogP contribution < -0.4 is 9.47 Å². The Balaban J connectivity index is 1.73. The summed E-state index contributed by atoms with van der Waals surface area (Å²) in [5.41, 5.74) is 1.71. The molecule has 0 N–H and O–H groups in total. The number of likely N-dealkylation sites (N-methyl/N-ethyl adjacent to an activating group) is 1. The number of nitrogens with zero attached hydrogens (tertiary/aromatic N) is 1. The van der Waals surface area contributed by atoms with Crippen LogP contribution in [-0.2, 0) is 20.9 Å². The molecule has 0 fully saturated rings. The van der Waals surface area contributed by atoms with Crippen molar-refractivity contribution in [3.8, 4) is 11.5 Å². The molecule has 0 atom stereocenters. The van der Waals surface area contributed by atoms with Crippen LogP contribution in [-0.4, -0.2) is 43.6 Å². The van der Waals surface area contributed by atoms with Crippen LogP contribution in [0.25, 0.3) is 0 Å². The average Bonchev–Trinajstić information content (AvgIpc) is 2.65. The van der Waals surface area contributed by atoms with Gasteiger partial charge in [0, 0.05) is 13.6 Å². The Morgan fingerprint density at radius 3 is 2.39 bits per heavy atom. The zero-order valence-electron chi connectivity index (χ0n) is 15.6. The molecular weight excluding hydrogens is 372 g/mol. The highest BCUT2D eigenvalue weighted by Crippen LogP contribution is 2.16. The number of esters is 1. The van der Waals surface area contributed by atoms with Crippen molar-refractivity contribution in [3.63, 3.8) is 0 Å². The Morgan fingerprint density at radius 1 is 1.04 bits per heavy atom. The highest BCUT2D eigenvalue weighted by atomic mass is 19.3. The van der Waals surface area contributed by atoms with E-state index in [4.69, 9.17) is 9.47 Å². The highest BCUT2D eigenvalue weighted by Gasteiger charge is 2.13. The van der Waals surface area contributed by atoms with E-state index in [-0.39, 0.29) is 18.9 Å². The van der Waals surface area contributed by atoms with Gasteiger partial charge in [-0.2, -0.15) is 8.78 Å². The highest BCUT2D eigenvalue weighted by molar-refractivity contribution is 5.80. The first-order chi connectivity index (χ1) is 13.3. The monoisotopic (exact) mass is 393 g/mol. The van der Waals surface area contributed by atoms with Crippen molar-refractivity contribution in [1.82, 2.24) is 4.90 Å². The molecular formula is C20H21F2NO5. The van der Waals surface area contributed by atoms with E-state index in [1.807, 2.05) is 13.0 Å². The summed E-state index contributed by atoms with van der Waals surface area (Å²) in [5.74, 6) is -0.483. The van der Waals surface area contributed by atoms with Gasteiger partial charge in [0.2, 0.25) is 0 Å². The summed E-state index contributed by atoms with van der Waals surface area (Å²) < 4.78 is 38.8. The minimum Gasteiger partial charge on any atom is -0.482 e. The van der Waals surface area contributed by atoms with Crippen molar-refractivity contribution < 1.29 is 32.6 Å². The first kappa shape index (κ1) is 21.1. The van der Waals surface area contributed by atoms with Crippen LogP contribution >= 0.6 is 0 Å². The van der Waals surface area contributed by atoms with Gasteiger partial charge in [-0.25, -0.2) is 4.79 Å². The predicted molar refractivity (Wildman–Crippen MR) is 97.2 cm³/mol. The molecule has 0 aromatic heterocycles. The van der Waals surface area contributed by atoms with Crippen molar-refractivity contribution in [2.24, 2.45) is 0 Å². The van der Waals surface area contributed by atoms with E-state index in [1.165, 1.54) is 17.0 Å². The lowest BCUT2D eigenvalue weighted by Gasteiger charge is -2.17. The molecule has 150 valence electrons. The molecule has 0 bridgehead atoms. The Labute approximate surface area is 161 Å². The first-order valence-corrected chi connectivity index (χ1v) is 8.46. The number of halogens is 2. The fourth-order valence-corrected chi connectivity index (χ4v) is 2.28. The summed E-state index contributed by atoms with van der Waals surface area (Å²) in [4.78, 5) is 25.1. The smallest absolute Gasteiger partial charge is 0.387 e. The van der Waals surface area contributed by atoms with Crippen molar-refractivity contribution in [2.75, 3.05) is 20.3 Å². The molecule has 0 saturated heterocycles. The third kappa shape index (κ3) is 7.22. The molecule has 0 radical (unpaired) electrons. The van der Waals surface area contributed by atoms with E-state index in [1.54, 1.807) is 37.4 Å². The van der Waals surface area contributed by atoms with Gasteiger partial charge >= 0.3 is 12.6 Å². The van der Waals surface area contributed by atoms with Gasteiger partial charge in [0.05, 0.1) is 0 Å². The molecule has 2 aromatic carbocycles. The van der Waals surface area contributed by atoms with E-state index in [2.05, 4.69) is 4.74 Å². The minimum absolute atomic E-state index is 0.0373. The molecule has 0 unspecified atom stereocenters.